The SMILES string of the molecule is CCCCCCCCCCCCCCCCCC(=O)O[C@H](CCCCCCCCCCCCCC)[C@@H](O)[C@H](CO[C@H]1O[C@H](CO)[C@H](O)[C@H](O)[C@H]1O)N(C(=O)OCc1ccc(N)cc1)C(=O)[C@H](CCCNC(N)=O)NC(=O)[C@@H](NC(=O)OCC1C2CCC#CCCC21)C(C)C. The zero-order valence-corrected chi connectivity index (χ0v) is 57.5. The van der Waals surface area contributed by atoms with E-state index in [0.717, 1.165) is 89.9 Å². The molecule has 0 aromatic heterocycles. The van der Waals surface area contributed by atoms with Gasteiger partial charge in [0, 0.05) is 31.5 Å². The number of ether oxygens (including phenoxy) is 5. The number of anilines is 1. The van der Waals surface area contributed by atoms with Crippen molar-refractivity contribution in [3.8, 4) is 11.8 Å². The van der Waals surface area contributed by atoms with Gasteiger partial charge in [-0.1, -0.05) is 200 Å². The van der Waals surface area contributed by atoms with E-state index in [0.29, 0.717) is 47.2 Å². The molecular formula is C72H122N6O16. The summed E-state index contributed by atoms with van der Waals surface area (Å²) in [6.45, 7) is 5.69. The number of nitrogen functional groups attached to an aromatic ring is 1. The number of nitrogens with zero attached hydrogens (tertiary/aromatic N) is 1. The van der Waals surface area contributed by atoms with Crippen LogP contribution < -0.4 is 27.4 Å². The van der Waals surface area contributed by atoms with Crippen LogP contribution in [-0.2, 0) is 44.7 Å². The van der Waals surface area contributed by atoms with Gasteiger partial charge in [-0.15, -0.1) is 11.8 Å². The molecule has 0 radical (unpaired) electrons. The maximum Gasteiger partial charge on any atom is 0.417 e. The van der Waals surface area contributed by atoms with E-state index in [-0.39, 0.29) is 44.8 Å². The summed E-state index contributed by atoms with van der Waals surface area (Å²) < 4.78 is 29.7. The van der Waals surface area contributed by atoms with Crippen LogP contribution in [0.4, 0.5) is 20.1 Å². The van der Waals surface area contributed by atoms with Gasteiger partial charge in [0.05, 0.1) is 25.9 Å². The Kier molecular flexibility index (Phi) is 41.1. The van der Waals surface area contributed by atoms with Crippen molar-refractivity contribution in [2.75, 3.05) is 32.1 Å². The number of nitrogens with one attached hydrogen (secondary N) is 3. The summed E-state index contributed by atoms with van der Waals surface area (Å²) >= 11 is 0. The molecule has 1 saturated carbocycles. The molecule has 2 unspecified atom stereocenters. The highest BCUT2D eigenvalue weighted by Gasteiger charge is 2.50. The molecule has 536 valence electrons. The first-order valence-corrected chi connectivity index (χ1v) is 36.3. The third-order valence-electron chi connectivity index (χ3n) is 18.8. The van der Waals surface area contributed by atoms with Crippen molar-refractivity contribution >= 4 is 41.7 Å². The van der Waals surface area contributed by atoms with Gasteiger partial charge in [-0.05, 0) is 86.3 Å². The largest absolute Gasteiger partial charge is 0.460 e. The van der Waals surface area contributed by atoms with Crippen molar-refractivity contribution in [1.82, 2.24) is 20.9 Å². The van der Waals surface area contributed by atoms with Crippen LogP contribution in [-0.4, -0.2) is 154 Å². The maximum absolute atomic E-state index is 15.8. The quantitative estimate of drug-likeness (QED) is 0.00952. The molecule has 22 heteroatoms. The zero-order valence-electron chi connectivity index (χ0n) is 57.5. The number of hydrogen-bond acceptors (Lipinski definition) is 17. The Bertz CT molecular complexity index is 2340. The number of aliphatic hydroxyl groups is 5. The Labute approximate surface area is 561 Å². The molecule has 6 amide bonds. The average molecular weight is 1330 g/mol. The van der Waals surface area contributed by atoms with Crippen LogP contribution in [0.25, 0.3) is 0 Å². The number of aliphatic hydroxyl groups excluding tert-OH is 5. The topological polar surface area (TPSA) is 341 Å². The molecule has 1 saturated heterocycles. The first-order chi connectivity index (χ1) is 45.4. The number of unbranched alkanes of at least 4 members (excludes halogenated alkanes) is 25. The number of imide groups is 1. The number of carbonyl (C=O) groups excluding carboxylic acids is 6. The monoisotopic (exact) mass is 1330 g/mol. The fraction of sp³-hybridized carbons (Fsp3) is 0.806. The van der Waals surface area contributed by atoms with Crippen molar-refractivity contribution in [2.45, 2.75) is 320 Å². The summed E-state index contributed by atoms with van der Waals surface area (Å²) in [5, 5.41) is 63.9. The molecule has 0 spiro atoms. The van der Waals surface area contributed by atoms with Crippen molar-refractivity contribution in [2.24, 2.45) is 29.4 Å². The number of esters is 1. The maximum atomic E-state index is 15.8. The zero-order chi connectivity index (χ0) is 68.5. The predicted octanol–water partition coefficient (Wildman–Crippen LogP) is 10.7. The Morgan fingerprint density at radius 2 is 1.19 bits per heavy atom. The van der Waals surface area contributed by atoms with Crippen LogP contribution in [0.2, 0.25) is 0 Å². The lowest BCUT2D eigenvalue weighted by molar-refractivity contribution is -0.304. The van der Waals surface area contributed by atoms with Crippen LogP contribution in [0.5, 0.6) is 0 Å². The van der Waals surface area contributed by atoms with Gasteiger partial charge >= 0.3 is 24.2 Å². The molecule has 2 aliphatic carbocycles. The standard InChI is InChI=1S/C72H122N6O16/c1-5-7-9-11-13-15-17-19-20-21-23-25-27-29-35-41-61(80)93-59(40-34-28-26-24-22-18-16-14-12-10-8-6-2)63(81)58(50-90-69-66(84)65(83)64(82)60(47-79)94-69)78(72(89)92-48-52-42-44-53(73)45-43-52)68(86)57(39-36-46-75-70(74)87)76-67(85)62(51(3)4)77-71(88)91-49-56-54-37-32-30-31-33-38-55(54)56/h42-45,51,54-60,62-66,69,79,81-84H,5-29,32-41,46-50,73H2,1-4H3,(H,76,85)(H,77,88)(H3,74,75,87)/t54?,55?,56?,57-,58-,59+,60+,62-,63-,64-,65-,66+,69-/m0/s1. The molecule has 3 aliphatic rings. The number of rotatable bonds is 50. The number of fused-ring (bicyclic) bond motifs is 1. The third-order valence-corrected chi connectivity index (χ3v) is 18.8. The van der Waals surface area contributed by atoms with Gasteiger partial charge in [0.1, 0.15) is 55.3 Å². The van der Waals surface area contributed by atoms with Crippen molar-refractivity contribution in [1.29, 1.82) is 0 Å². The van der Waals surface area contributed by atoms with Gasteiger partial charge in [-0.25, -0.2) is 19.3 Å². The molecule has 22 nitrogen and oxygen atoms in total. The highest BCUT2D eigenvalue weighted by Crippen LogP contribution is 2.52. The van der Waals surface area contributed by atoms with Gasteiger partial charge < -0.3 is 76.6 Å². The van der Waals surface area contributed by atoms with Crippen LogP contribution in [0.3, 0.4) is 0 Å². The molecule has 1 aromatic carbocycles. The second-order valence-corrected chi connectivity index (χ2v) is 26.9. The lowest BCUT2D eigenvalue weighted by Crippen LogP contribution is -2.63. The van der Waals surface area contributed by atoms with E-state index in [1.807, 2.05) is 0 Å². The molecule has 94 heavy (non-hydrogen) atoms. The van der Waals surface area contributed by atoms with Crippen LogP contribution in [0, 0.1) is 35.5 Å². The van der Waals surface area contributed by atoms with E-state index >= 15 is 9.59 Å². The van der Waals surface area contributed by atoms with Crippen molar-refractivity contribution in [3.05, 3.63) is 29.8 Å². The number of amides is 6. The Morgan fingerprint density at radius 3 is 1.70 bits per heavy atom. The van der Waals surface area contributed by atoms with Crippen molar-refractivity contribution in [3.63, 3.8) is 0 Å². The second-order valence-electron chi connectivity index (χ2n) is 26.9. The molecular weight excluding hydrogens is 1200 g/mol. The minimum absolute atomic E-state index is 0.0152. The Morgan fingerprint density at radius 1 is 0.670 bits per heavy atom. The normalized spacial score (nSPS) is 21.6. The van der Waals surface area contributed by atoms with Crippen LogP contribution in [0.1, 0.15) is 258 Å². The summed E-state index contributed by atoms with van der Waals surface area (Å²) in [5.41, 5.74) is 12.3. The van der Waals surface area contributed by atoms with E-state index in [9.17, 15) is 44.7 Å². The fourth-order valence-corrected chi connectivity index (χ4v) is 12.9. The fourth-order valence-electron chi connectivity index (χ4n) is 12.9. The highest BCUT2D eigenvalue weighted by atomic mass is 16.7. The molecule has 1 aromatic rings. The number of primary amides is 1. The molecule has 1 aliphatic heterocycles. The first kappa shape index (κ1) is 81.2. The van der Waals surface area contributed by atoms with Gasteiger partial charge in [0.25, 0.3) is 5.91 Å². The van der Waals surface area contributed by atoms with Crippen molar-refractivity contribution < 1.29 is 78.0 Å². The second kappa shape index (κ2) is 47.6. The van der Waals surface area contributed by atoms with Gasteiger partial charge in [0.2, 0.25) is 5.91 Å². The van der Waals surface area contributed by atoms with Gasteiger partial charge in [-0.2, -0.15) is 0 Å². The summed E-state index contributed by atoms with van der Waals surface area (Å²) in [4.78, 5) is 85.8. The number of urea groups is 1. The number of nitrogens with two attached hydrogens (primary N) is 2. The molecule has 12 atom stereocenters. The number of benzene rings is 1. The molecule has 4 rings (SSSR count). The van der Waals surface area contributed by atoms with Crippen LogP contribution >= 0.6 is 0 Å². The number of carbonyl (C=O) groups is 6. The van der Waals surface area contributed by atoms with E-state index in [2.05, 4.69) is 41.6 Å². The Balaban J connectivity index is 1.67. The molecule has 2 fully saturated rings. The summed E-state index contributed by atoms with van der Waals surface area (Å²) in [6, 6.07) is 0.616. The first-order valence-electron chi connectivity index (χ1n) is 36.3. The number of alkyl carbamates (subject to hydrolysis) is 1. The minimum Gasteiger partial charge on any atom is -0.460 e. The summed E-state index contributed by atoms with van der Waals surface area (Å²) in [6.07, 6.45) is 18.0. The summed E-state index contributed by atoms with van der Waals surface area (Å²) in [5.74, 6) is 4.06. The van der Waals surface area contributed by atoms with E-state index in [1.165, 1.54) is 89.9 Å². The van der Waals surface area contributed by atoms with Crippen LogP contribution in [0.15, 0.2) is 24.3 Å². The predicted molar refractivity (Wildman–Crippen MR) is 361 cm³/mol. The molecule has 12 N–H and O–H groups in total. The summed E-state index contributed by atoms with van der Waals surface area (Å²) in [7, 11) is 0. The minimum atomic E-state index is -1.97. The third kappa shape index (κ3) is 31.3. The van der Waals surface area contributed by atoms with E-state index in [1.54, 1.807) is 38.1 Å². The number of hydrogen-bond donors (Lipinski definition) is 10. The molecule has 1 heterocycles. The van der Waals surface area contributed by atoms with E-state index < -0.39 is 123 Å². The highest BCUT2D eigenvalue weighted by molar-refractivity contribution is 5.98. The lowest BCUT2D eigenvalue weighted by atomic mass is 9.96. The lowest BCUT2D eigenvalue weighted by Gasteiger charge is -2.41. The Hall–Kier alpha value is -5.28. The smallest absolute Gasteiger partial charge is 0.417 e. The van der Waals surface area contributed by atoms with Gasteiger partial charge in [0.15, 0.2) is 6.29 Å². The van der Waals surface area contributed by atoms with Gasteiger partial charge in [-0.3, -0.25) is 14.4 Å². The van der Waals surface area contributed by atoms with E-state index in [4.69, 9.17) is 35.2 Å². The average Bonchev–Trinajstić information content (AvgIpc) is 1.57. The molecule has 0 bridgehead atoms.